The number of nitrogens with one attached hydrogen (secondary N) is 1. The number of carbonyl (C=O) groups is 2. The van der Waals surface area contributed by atoms with E-state index in [0.29, 0.717) is 0 Å². The third-order valence-corrected chi connectivity index (χ3v) is 4.96. The number of nitrogens with zero attached hydrogens (tertiary/aromatic N) is 1. The summed E-state index contributed by atoms with van der Waals surface area (Å²) in [5.41, 5.74) is 5.95. The molecule has 1 aromatic carbocycles. The summed E-state index contributed by atoms with van der Waals surface area (Å²) in [5.74, 6) is -0.351. The van der Waals surface area contributed by atoms with Gasteiger partial charge in [-0.15, -0.1) is 0 Å². The first-order valence-corrected chi connectivity index (χ1v) is 11.3. The Hall–Kier alpha value is -2.89. The first-order chi connectivity index (χ1) is 15.2. The van der Waals surface area contributed by atoms with Crippen LogP contribution in [0.3, 0.4) is 0 Å². The van der Waals surface area contributed by atoms with Gasteiger partial charge < -0.3 is 14.8 Å². The van der Waals surface area contributed by atoms with Gasteiger partial charge in [0.25, 0.3) is 0 Å². The molecule has 1 amide bonds. The van der Waals surface area contributed by atoms with Gasteiger partial charge in [-0.1, -0.05) is 50.6 Å². The Kier molecular flexibility index (Phi) is 8.28. The predicted octanol–water partition coefficient (Wildman–Crippen LogP) is 6.04. The first-order valence-electron chi connectivity index (χ1n) is 11.3. The highest BCUT2D eigenvalue weighted by Gasteiger charge is 2.24. The molecule has 0 saturated heterocycles. The van der Waals surface area contributed by atoms with Gasteiger partial charge in [0.15, 0.2) is 0 Å². The molecule has 6 nitrogen and oxygen atoms in total. The van der Waals surface area contributed by atoms with Crippen molar-refractivity contribution in [1.82, 2.24) is 10.3 Å². The van der Waals surface area contributed by atoms with Crippen molar-refractivity contribution in [2.75, 3.05) is 0 Å². The third-order valence-electron chi connectivity index (χ3n) is 4.96. The molecule has 33 heavy (non-hydrogen) atoms. The minimum atomic E-state index is -0.593. The van der Waals surface area contributed by atoms with Crippen LogP contribution in [0.1, 0.15) is 76.5 Å². The van der Waals surface area contributed by atoms with Crippen LogP contribution in [0.25, 0.3) is 11.1 Å². The fourth-order valence-electron chi connectivity index (χ4n) is 3.58. The zero-order valence-corrected chi connectivity index (χ0v) is 21.5. The monoisotopic (exact) mass is 454 g/mol. The number of hydrogen-bond donors (Lipinski definition) is 1. The van der Waals surface area contributed by atoms with Crippen LogP contribution in [0, 0.1) is 19.3 Å². The van der Waals surface area contributed by atoms with E-state index in [1.807, 2.05) is 34.6 Å². The van der Waals surface area contributed by atoms with E-state index in [4.69, 9.17) is 14.5 Å². The summed E-state index contributed by atoms with van der Waals surface area (Å²) in [5, 5.41) is 2.91. The first kappa shape index (κ1) is 26.4. The summed E-state index contributed by atoms with van der Waals surface area (Å²) in [6.07, 6.45) is 0.243. The van der Waals surface area contributed by atoms with E-state index >= 15 is 0 Å². The molecule has 0 aliphatic rings. The third kappa shape index (κ3) is 8.19. The second-order valence-corrected chi connectivity index (χ2v) is 10.7. The van der Waals surface area contributed by atoms with Crippen LogP contribution in [0.2, 0.25) is 0 Å². The molecule has 0 aliphatic carbocycles. The Labute approximate surface area is 198 Å². The van der Waals surface area contributed by atoms with Crippen LogP contribution in [0.15, 0.2) is 24.3 Å². The Morgan fingerprint density at radius 3 is 2.09 bits per heavy atom. The van der Waals surface area contributed by atoms with E-state index in [-0.39, 0.29) is 24.5 Å². The largest absolute Gasteiger partial charge is 0.461 e. The average Bonchev–Trinajstić information content (AvgIpc) is 2.64. The van der Waals surface area contributed by atoms with Crippen molar-refractivity contribution in [3.05, 3.63) is 52.3 Å². The van der Waals surface area contributed by atoms with Crippen molar-refractivity contribution >= 4 is 12.1 Å². The van der Waals surface area contributed by atoms with Gasteiger partial charge in [-0.25, -0.2) is 4.79 Å². The number of ether oxygens (including phenoxy) is 2. The number of benzene rings is 1. The highest BCUT2D eigenvalue weighted by molar-refractivity contribution is 5.75. The quantitative estimate of drug-likeness (QED) is 0.538. The molecule has 0 fully saturated rings. The minimum absolute atomic E-state index is 0.0118. The molecule has 1 N–H and O–H groups in total. The van der Waals surface area contributed by atoms with Gasteiger partial charge in [-0.2, -0.15) is 0 Å². The van der Waals surface area contributed by atoms with Crippen LogP contribution < -0.4 is 5.32 Å². The molecule has 1 heterocycles. The summed E-state index contributed by atoms with van der Waals surface area (Å²) in [6, 6.07) is 8.21. The second kappa shape index (κ2) is 10.4. The number of amides is 1. The summed E-state index contributed by atoms with van der Waals surface area (Å²) in [7, 11) is 0. The molecule has 0 unspecified atom stereocenters. The zero-order valence-electron chi connectivity index (χ0n) is 21.5. The maximum Gasteiger partial charge on any atom is 0.407 e. The predicted molar refractivity (Wildman–Crippen MR) is 131 cm³/mol. The lowest BCUT2D eigenvalue weighted by molar-refractivity contribution is -0.142. The Morgan fingerprint density at radius 2 is 1.58 bits per heavy atom. The van der Waals surface area contributed by atoms with Crippen molar-refractivity contribution in [3.8, 4) is 11.1 Å². The highest BCUT2D eigenvalue weighted by atomic mass is 16.6. The molecular formula is C27H38N2O4. The summed E-state index contributed by atoms with van der Waals surface area (Å²) >= 11 is 0. The Morgan fingerprint density at radius 1 is 0.970 bits per heavy atom. The van der Waals surface area contributed by atoms with Crippen molar-refractivity contribution in [2.45, 2.75) is 87.5 Å². The average molecular weight is 455 g/mol. The lowest BCUT2D eigenvalue weighted by atomic mass is 9.85. The summed E-state index contributed by atoms with van der Waals surface area (Å²) in [6.45, 7) is 17.7. The van der Waals surface area contributed by atoms with Crippen LogP contribution >= 0.6 is 0 Å². The van der Waals surface area contributed by atoms with Gasteiger partial charge >= 0.3 is 12.1 Å². The fourth-order valence-corrected chi connectivity index (χ4v) is 3.58. The fraction of sp³-hybridized carbons (Fsp3) is 0.519. The van der Waals surface area contributed by atoms with Crippen LogP contribution in [0.5, 0.6) is 0 Å². The lowest BCUT2D eigenvalue weighted by Gasteiger charge is -2.25. The number of esters is 1. The lowest BCUT2D eigenvalue weighted by Crippen LogP contribution is -2.33. The number of aryl methyl sites for hydroxylation is 2. The van der Waals surface area contributed by atoms with Crippen molar-refractivity contribution in [3.63, 3.8) is 0 Å². The van der Waals surface area contributed by atoms with E-state index in [0.717, 1.165) is 45.6 Å². The number of pyridine rings is 1. The van der Waals surface area contributed by atoms with Crippen molar-refractivity contribution in [1.29, 1.82) is 0 Å². The second-order valence-electron chi connectivity index (χ2n) is 10.7. The summed E-state index contributed by atoms with van der Waals surface area (Å²) in [4.78, 5) is 29.0. The zero-order chi connectivity index (χ0) is 25.0. The molecule has 0 aliphatic heterocycles. The molecular weight excluding hydrogens is 416 g/mol. The number of rotatable bonds is 6. The van der Waals surface area contributed by atoms with E-state index in [1.54, 1.807) is 0 Å². The summed E-state index contributed by atoms with van der Waals surface area (Å²) < 4.78 is 10.8. The standard InChI is InChI=1S/C27H38N2O4/c1-17-10-12-20(13-11-17)24-21(15-28-25(31)33-27(7,8)9)23(14-26(4,5)6)29-18(2)22(24)16-32-19(3)30/h10-13H,14-16H2,1-9H3,(H,28,31). The number of alkyl carbamates (subject to hydrolysis) is 1. The molecule has 2 aromatic rings. The Balaban J connectivity index is 2.67. The molecule has 1 aromatic heterocycles. The van der Waals surface area contributed by atoms with Crippen LogP contribution in [-0.2, 0) is 33.8 Å². The van der Waals surface area contributed by atoms with Gasteiger partial charge in [0.05, 0.1) is 0 Å². The van der Waals surface area contributed by atoms with Gasteiger partial charge in [-0.05, 0) is 57.6 Å². The van der Waals surface area contributed by atoms with E-state index < -0.39 is 11.7 Å². The molecule has 0 atom stereocenters. The van der Waals surface area contributed by atoms with E-state index in [2.05, 4.69) is 50.4 Å². The van der Waals surface area contributed by atoms with Gasteiger partial charge in [0.2, 0.25) is 0 Å². The minimum Gasteiger partial charge on any atom is -0.461 e. The number of aromatic nitrogens is 1. The molecule has 0 spiro atoms. The maximum absolute atomic E-state index is 12.5. The van der Waals surface area contributed by atoms with E-state index in [9.17, 15) is 9.59 Å². The Bertz CT molecular complexity index is 997. The number of carbonyl (C=O) groups excluding carboxylic acids is 2. The topological polar surface area (TPSA) is 77.5 Å². The van der Waals surface area contributed by atoms with Gasteiger partial charge in [-0.3, -0.25) is 9.78 Å². The maximum atomic E-state index is 12.5. The molecule has 0 radical (unpaired) electrons. The van der Waals surface area contributed by atoms with Crippen molar-refractivity contribution < 1.29 is 19.1 Å². The smallest absolute Gasteiger partial charge is 0.407 e. The van der Waals surface area contributed by atoms with Crippen molar-refractivity contribution in [2.24, 2.45) is 5.41 Å². The molecule has 180 valence electrons. The number of hydrogen-bond acceptors (Lipinski definition) is 5. The molecule has 0 saturated carbocycles. The SMILES string of the molecule is CC(=O)OCc1c(C)nc(CC(C)(C)C)c(CNC(=O)OC(C)(C)C)c1-c1ccc(C)cc1. The van der Waals surface area contributed by atoms with E-state index in [1.165, 1.54) is 6.92 Å². The van der Waals surface area contributed by atoms with Gasteiger partial charge in [0, 0.05) is 36.0 Å². The normalized spacial score (nSPS) is 11.8. The van der Waals surface area contributed by atoms with Crippen LogP contribution in [-0.4, -0.2) is 22.6 Å². The van der Waals surface area contributed by atoms with Crippen LogP contribution in [0.4, 0.5) is 4.79 Å². The molecule has 6 heteroatoms. The highest BCUT2D eigenvalue weighted by Crippen LogP contribution is 2.34. The molecule has 2 rings (SSSR count). The van der Waals surface area contributed by atoms with Gasteiger partial charge in [0.1, 0.15) is 12.2 Å². The molecule has 0 bridgehead atoms.